The molecule has 1 unspecified atom stereocenters. The molecule has 1 rings (SSSR count). The molecule has 110 valence electrons. The lowest BCUT2D eigenvalue weighted by Gasteiger charge is -2.23. The first kappa shape index (κ1) is 15.9. The van der Waals surface area contributed by atoms with Crippen molar-refractivity contribution < 1.29 is 18.9 Å². The SMILES string of the molecule is CCCC(CNC(=O)NC1CCS(=O)CC1)C(=O)O. The largest absolute Gasteiger partial charge is 0.481 e. The van der Waals surface area contributed by atoms with Crippen LogP contribution in [0.2, 0.25) is 0 Å². The molecule has 1 fully saturated rings. The van der Waals surface area contributed by atoms with E-state index in [-0.39, 0.29) is 18.6 Å². The van der Waals surface area contributed by atoms with Crippen molar-refractivity contribution in [2.24, 2.45) is 5.92 Å². The van der Waals surface area contributed by atoms with Crippen LogP contribution in [-0.4, -0.2) is 45.4 Å². The summed E-state index contributed by atoms with van der Waals surface area (Å²) >= 11 is 0. The second-order valence-corrected chi connectivity index (χ2v) is 6.50. The van der Waals surface area contributed by atoms with Crippen LogP contribution >= 0.6 is 0 Å². The molecule has 0 aromatic heterocycles. The number of aliphatic carboxylic acids is 1. The van der Waals surface area contributed by atoms with Gasteiger partial charge in [-0.1, -0.05) is 13.3 Å². The van der Waals surface area contributed by atoms with Gasteiger partial charge in [-0.25, -0.2) is 4.79 Å². The molecule has 7 heteroatoms. The predicted molar refractivity (Wildman–Crippen MR) is 73.5 cm³/mol. The number of carbonyl (C=O) groups excluding carboxylic acids is 1. The summed E-state index contributed by atoms with van der Waals surface area (Å²) in [4.78, 5) is 22.6. The Labute approximate surface area is 115 Å². The Hall–Kier alpha value is -1.11. The number of amides is 2. The van der Waals surface area contributed by atoms with Gasteiger partial charge in [0.05, 0.1) is 5.92 Å². The van der Waals surface area contributed by atoms with Gasteiger partial charge in [0.15, 0.2) is 0 Å². The number of carboxylic acids is 1. The van der Waals surface area contributed by atoms with E-state index in [4.69, 9.17) is 5.11 Å². The number of urea groups is 1. The maximum absolute atomic E-state index is 11.6. The van der Waals surface area contributed by atoms with E-state index in [1.165, 1.54) is 0 Å². The van der Waals surface area contributed by atoms with Crippen molar-refractivity contribution in [1.82, 2.24) is 10.6 Å². The molecule has 0 saturated carbocycles. The minimum Gasteiger partial charge on any atom is -0.481 e. The summed E-state index contributed by atoms with van der Waals surface area (Å²) in [6, 6.07) is -0.285. The summed E-state index contributed by atoms with van der Waals surface area (Å²) in [7, 11) is -0.745. The molecule has 1 aliphatic rings. The smallest absolute Gasteiger partial charge is 0.315 e. The summed E-state index contributed by atoms with van der Waals surface area (Å²) in [5.41, 5.74) is 0. The highest BCUT2D eigenvalue weighted by molar-refractivity contribution is 7.85. The van der Waals surface area contributed by atoms with Crippen LogP contribution in [0.1, 0.15) is 32.6 Å². The highest BCUT2D eigenvalue weighted by atomic mass is 32.2. The lowest BCUT2D eigenvalue weighted by Crippen LogP contribution is -2.46. The van der Waals surface area contributed by atoms with Crippen LogP contribution in [0.25, 0.3) is 0 Å². The summed E-state index contributed by atoms with van der Waals surface area (Å²) in [6.45, 7) is 2.06. The zero-order chi connectivity index (χ0) is 14.3. The molecule has 1 aliphatic heterocycles. The van der Waals surface area contributed by atoms with Gasteiger partial charge in [-0.3, -0.25) is 9.00 Å². The van der Waals surface area contributed by atoms with Gasteiger partial charge in [-0.15, -0.1) is 0 Å². The Morgan fingerprint density at radius 1 is 1.37 bits per heavy atom. The van der Waals surface area contributed by atoms with Crippen LogP contribution in [0, 0.1) is 5.92 Å². The zero-order valence-electron chi connectivity index (χ0n) is 11.2. The van der Waals surface area contributed by atoms with E-state index < -0.39 is 22.7 Å². The number of nitrogens with one attached hydrogen (secondary N) is 2. The standard InChI is InChI=1S/C12H22N2O4S/c1-2-3-9(11(15)16)8-13-12(17)14-10-4-6-19(18)7-5-10/h9-10H,2-8H2,1H3,(H,15,16)(H2,13,14,17). The molecule has 1 saturated heterocycles. The third kappa shape index (κ3) is 6.04. The van der Waals surface area contributed by atoms with Gasteiger partial charge in [0, 0.05) is 34.9 Å². The fourth-order valence-electron chi connectivity index (χ4n) is 2.05. The summed E-state index contributed by atoms with van der Waals surface area (Å²) in [5, 5.41) is 14.4. The van der Waals surface area contributed by atoms with Crippen molar-refractivity contribution in [3.8, 4) is 0 Å². The van der Waals surface area contributed by atoms with Gasteiger partial charge in [-0.2, -0.15) is 0 Å². The van der Waals surface area contributed by atoms with Crippen molar-refractivity contribution >= 4 is 22.8 Å². The predicted octanol–water partition coefficient (Wildman–Crippen LogP) is 0.698. The first-order valence-corrected chi connectivity index (χ1v) is 8.13. The van der Waals surface area contributed by atoms with Crippen LogP contribution < -0.4 is 10.6 Å². The Morgan fingerprint density at radius 3 is 2.53 bits per heavy atom. The Bertz CT molecular complexity index is 339. The van der Waals surface area contributed by atoms with E-state index in [1.54, 1.807) is 0 Å². The van der Waals surface area contributed by atoms with Gasteiger partial charge in [0.25, 0.3) is 0 Å². The molecule has 3 N–H and O–H groups in total. The minimum absolute atomic E-state index is 0.0483. The minimum atomic E-state index is -0.879. The second kappa shape index (κ2) is 8.14. The molecule has 2 amide bonds. The van der Waals surface area contributed by atoms with E-state index in [1.807, 2.05) is 6.92 Å². The third-order valence-corrected chi connectivity index (χ3v) is 4.60. The van der Waals surface area contributed by atoms with Crippen molar-refractivity contribution in [2.45, 2.75) is 38.6 Å². The lowest BCUT2D eigenvalue weighted by molar-refractivity contribution is -0.141. The van der Waals surface area contributed by atoms with Crippen molar-refractivity contribution in [2.75, 3.05) is 18.1 Å². The molecule has 0 aromatic carbocycles. The Morgan fingerprint density at radius 2 is 2.00 bits per heavy atom. The van der Waals surface area contributed by atoms with E-state index in [9.17, 15) is 13.8 Å². The van der Waals surface area contributed by atoms with Crippen LogP contribution in [0.3, 0.4) is 0 Å². The second-order valence-electron chi connectivity index (χ2n) is 4.80. The first-order chi connectivity index (χ1) is 9.02. The fourth-order valence-corrected chi connectivity index (χ4v) is 3.35. The highest BCUT2D eigenvalue weighted by Crippen LogP contribution is 2.09. The Balaban J connectivity index is 2.26. The molecule has 0 spiro atoms. The summed E-state index contributed by atoms with van der Waals surface area (Å²) < 4.78 is 11.2. The highest BCUT2D eigenvalue weighted by Gasteiger charge is 2.21. The quantitative estimate of drug-likeness (QED) is 0.671. The van der Waals surface area contributed by atoms with Gasteiger partial charge < -0.3 is 15.7 Å². The number of carbonyl (C=O) groups is 2. The lowest BCUT2D eigenvalue weighted by atomic mass is 10.0. The van der Waals surface area contributed by atoms with Crippen LogP contribution in [-0.2, 0) is 15.6 Å². The molecular formula is C12H22N2O4S. The average molecular weight is 290 g/mol. The summed E-state index contributed by atoms with van der Waals surface area (Å²) in [5.74, 6) is -0.165. The fraction of sp³-hybridized carbons (Fsp3) is 0.833. The summed E-state index contributed by atoms with van der Waals surface area (Å²) in [6.07, 6.45) is 2.77. The number of rotatable bonds is 6. The van der Waals surface area contributed by atoms with Crippen molar-refractivity contribution in [1.29, 1.82) is 0 Å². The molecule has 0 bridgehead atoms. The number of hydrogen-bond acceptors (Lipinski definition) is 3. The molecule has 19 heavy (non-hydrogen) atoms. The van der Waals surface area contributed by atoms with Gasteiger partial charge in [0.1, 0.15) is 0 Å². The normalized spacial score (nSPS) is 24.5. The van der Waals surface area contributed by atoms with Gasteiger partial charge in [0.2, 0.25) is 0 Å². The molecule has 0 radical (unpaired) electrons. The Kier molecular flexibility index (Phi) is 6.83. The first-order valence-electron chi connectivity index (χ1n) is 6.65. The zero-order valence-corrected chi connectivity index (χ0v) is 12.0. The van der Waals surface area contributed by atoms with E-state index in [2.05, 4.69) is 10.6 Å². The van der Waals surface area contributed by atoms with Crippen LogP contribution in [0.5, 0.6) is 0 Å². The van der Waals surface area contributed by atoms with Crippen molar-refractivity contribution in [3.63, 3.8) is 0 Å². The maximum atomic E-state index is 11.6. The molecule has 1 heterocycles. The van der Waals surface area contributed by atoms with Crippen LogP contribution in [0.4, 0.5) is 4.79 Å². The van der Waals surface area contributed by atoms with E-state index in [0.717, 1.165) is 19.3 Å². The van der Waals surface area contributed by atoms with E-state index >= 15 is 0 Å². The van der Waals surface area contributed by atoms with Gasteiger partial charge in [-0.05, 0) is 19.3 Å². The van der Waals surface area contributed by atoms with Crippen molar-refractivity contribution in [3.05, 3.63) is 0 Å². The molecular weight excluding hydrogens is 268 g/mol. The maximum Gasteiger partial charge on any atom is 0.315 e. The number of hydrogen-bond donors (Lipinski definition) is 3. The van der Waals surface area contributed by atoms with Gasteiger partial charge >= 0.3 is 12.0 Å². The average Bonchev–Trinajstić information content (AvgIpc) is 2.37. The monoisotopic (exact) mass is 290 g/mol. The van der Waals surface area contributed by atoms with Crippen LogP contribution in [0.15, 0.2) is 0 Å². The number of carboxylic acid groups (broad SMARTS) is 1. The molecule has 0 aliphatic carbocycles. The molecule has 6 nitrogen and oxygen atoms in total. The third-order valence-electron chi connectivity index (χ3n) is 3.22. The molecule has 1 atom stereocenters. The molecule has 0 aromatic rings. The van der Waals surface area contributed by atoms with E-state index in [0.29, 0.717) is 17.9 Å². The topological polar surface area (TPSA) is 95.5 Å².